The normalized spacial score (nSPS) is 22.1. The summed E-state index contributed by atoms with van der Waals surface area (Å²) < 4.78 is 4.87. The van der Waals surface area contributed by atoms with Gasteiger partial charge in [-0.2, -0.15) is 0 Å². The van der Waals surface area contributed by atoms with Gasteiger partial charge >= 0.3 is 5.97 Å². The second-order valence-corrected chi connectivity index (χ2v) is 5.90. The summed E-state index contributed by atoms with van der Waals surface area (Å²) in [7, 11) is 5.66. The lowest BCUT2D eigenvalue weighted by molar-refractivity contribution is -0.152. The zero-order valence-corrected chi connectivity index (χ0v) is 11.8. The molecule has 100 valence electrons. The molecule has 0 spiro atoms. The number of carbonyl (C=O) groups excluding carboxylic acids is 1. The fourth-order valence-electron chi connectivity index (χ4n) is 2.58. The molecular formula is C13H26N2O2. The van der Waals surface area contributed by atoms with Gasteiger partial charge in [0.15, 0.2) is 0 Å². The van der Waals surface area contributed by atoms with Gasteiger partial charge in [0.05, 0.1) is 12.5 Å². The molecular weight excluding hydrogens is 216 g/mol. The third kappa shape index (κ3) is 3.96. The van der Waals surface area contributed by atoms with Crippen molar-refractivity contribution in [2.75, 3.05) is 40.8 Å². The first-order valence-electron chi connectivity index (χ1n) is 6.34. The molecule has 17 heavy (non-hydrogen) atoms. The molecule has 0 radical (unpaired) electrons. The predicted molar refractivity (Wildman–Crippen MR) is 68.9 cm³/mol. The van der Waals surface area contributed by atoms with Crippen molar-refractivity contribution >= 4 is 5.97 Å². The molecule has 0 aromatic heterocycles. The van der Waals surface area contributed by atoms with E-state index in [2.05, 4.69) is 23.9 Å². The van der Waals surface area contributed by atoms with Crippen LogP contribution >= 0.6 is 0 Å². The maximum absolute atomic E-state index is 11.7. The Morgan fingerprint density at radius 2 is 2.12 bits per heavy atom. The molecule has 4 heteroatoms. The van der Waals surface area contributed by atoms with Crippen molar-refractivity contribution in [3.8, 4) is 0 Å². The molecule has 1 heterocycles. The van der Waals surface area contributed by atoms with Crippen LogP contribution in [0, 0.1) is 5.41 Å². The topological polar surface area (TPSA) is 32.8 Å². The maximum atomic E-state index is 11.7. The van der Waals surface area contributed by atoms with Crippen LogP contribution in [0.3, 0.4) is 0 Å². The molecule has 1 aliphatic heterocycles. The summed E-state index contributed by atoms with van der Waals surface area (Å²) in [4.78, 5) is 16.3. The molecule has 1 rings (SSSR count). The van der Waals surface area contributed by atoms with Crippen molar-refractivity contribution < 1.29 is 9.53 Å². The number of rotatable bonds is 5. The number of hydrogen-bond donors (Lipinski definition) is 0. The average molecular weight is 242 g/mol. The highest BCUT2D eigenvalue weighted by Crippen LogP contribution is 2.25. The third-order valence-corrected chi connectivity index (χ3v) is 3.41. The number of hydrogen-bond acceptors (Lipinski definition) is 4. The lowest BCUT2D eigenvalue weighted by Gasteiger charge is -2.33. The van der Waals surface area contributed by atoms with Gasteiger partial charge in [-0.1, -0.05) is 0 Å². The van der Waals surface area contributed by atoms with Crippen molar-refractivity contribution in [2.45, 2.75) is 32.7 Å². The average Bonchev–Trinajstić information content (AvgIpc) is 2.63. The number of nitrogens with zero attached hydrogens (tertiary/aromatic N) is 2. The van der Waals surface area contributed by atoms with Gasteiger partial charge in [-0.15, -0.1) is 0 Å². The molecule has 0 saturated carbocycles. The number of ether oxygens (including phenoxy) is 1. The van der Waals surface area contributed by atoms with Crippen molar-refractivity contribution in [3.05, 3.63) is 0 Å². The Hall–Kier alpha value is -0.610. The number of esters is 1. The molecule has 1 saturated heterocycles. The van der Waals surface area contributed by atoms with Crippen LogP contribution in [-0.4, -0.2) is 62.7 Å². The minimum Gasteiger partial charge on any atom is -0.469 e. The van der Waals surface area contributed by atoms with Gasteiger partial charge in [0.25, 0.3) is 0 Å². The lowest BCUT2D eigenvalue weighted by Crippen LogP contribution is -2.45. The SMILES string of the molecule is COC(=O)C(C)(C)CN1CCCC1CN(C)C. The van der Waals surface area contributed by atoms with E-state index in [9.17, 15) is 4.79 Å². The van der Waals surface area contributed by atoms with Crippen molar-refractivity contribution in [1.29, 1.82) is 0 Å². The summed E-state index contributed by atoms with van der Waals surface area (Å²) in [6.45, 7) is 6.88. The smallest absolute Gasteiger partial charge is 0.312 e. The van der Waals surface area contributed by atoms with Crippen LogP contribution in [0.25, 0.3) is 0 Å². The van der Waals surface area contributed by atoms with E-state index in [1.54, 1.807) is 0 Å². The van der Waals surface area contributed by atoms with E-state index in [1.165, 1.54) is 20.0 Å². The van der Waals surface area contributed by atoms with Crippen molar-refractivity contribution in [3.63, 3.8) is 0 Å². The van der Waals surface area contributed by atoms with Gasteiger partial charge in [0.1, 0.15) is 0 Å². The van der Waals surface area contributed by atoms with E-state index in [-0.39, 0.29) is 5.97 Å². The molecule has 0 bridgehead atoms. The minimum atomic E-state index is -0.413. The Balaban J connectivity index is 2.57. The predicted octanol–water partition coefficient (Wildman–Crippen LogP) is 1.21. The quantitative estimate of drug-likeness (QED) is 0.679. The van der Waals surface area contributed by atoms with E-state index in [4.69, 9.17) is 4.74 Å². The van der Waals surface area contributed by atoms with E-state index >= 15 is 0 Å². The van der Waals surface area contributed by atoms with Crippen molar-refractivity contribution in [1.82, 2.24) is 9.80 Å². The van der Waals surface area contributed by atoms with E-state index in [0.717, 1.165) is 19.6 Å². The van der Waals surface area contributed by atoms with E-state index < -0.39 is 5.41 Å². The van der Waals surface area contributed by atoms with Gasteiger partial charge in [-0.3, -0.25) is 9.69 Å². The fraction of sp³-hybridized carbons (Fsp3) is 0.923. The Morgan fingerprint density at radius 1 is 1.47 bits per heavy atom. The fourth-order valence-corrected chi connectivity index (χ4v) is 2.58. The molecule has 0 aliphatic carbocycles. The van der Waals surface area contributed by atoms with Gasteiger partial charge in [-0.05, 0) is 47.3 Å². The summed E-state index contributed by atoms with van der Waals surface area (Å²) >= 11 is 0. The molecule has 1 atom stereocenters. The van der Waals surface area contributed by atoms with Crippen LogP contribution in [0.2, 0.25) is 0 Å². The Labute approximate surface area is 105 Å². The summed E-state index contributed by atoms with van der Waals surface area (Å²) in [5.41, 5.74) is -0.413. The molecule has 0 amide bonds. The highest BCUT2D eigenvalue weighted by Gasteiger charge is 2.35. The van der Waals surface area contributed by atoms with Crippen LogP contribution in [-0.2, 0) is 9.53 Å². The highest BCUT2D eigenvalue weighted by molar-refractivity contribution is 5.76. The zero-order valence-electron chi connectivity index (χ0n) is 11.8. The molecule has 1 aliphatic rings. The first-order valence-corrected chi connectivity index (χ1v) is 6.34. The van der Waals surface area contributed by atoms with Crippen LogP contribution < -0.4 is 0 Å². The number of methoxy groups -OCH3 is 1. The summed E-state index contributed by atoms with van der Waals surface area (Å²) in [6.07, 6.45) is 2.46. The van der Waals surface area contributed by atoms with Gasteiger partial charge < -0.3 is 9.64 Å². The minimum absolute atomic E-state index is 0.118. The zero-order chi connectivity index (χ0) is 13.1. The largest absolute Gasteiger partial charge is 0.469 e. The molecule has 0 N–H and O–H groups in total. The van der Waals surface area contributed by atoms with Gasteiger partial charge in [0, 0.05) is 19.1 Å². The lowest BCUT2D eigenvalue weighted by atomic mass is 9.92. The summed E-state index contributed by atoms with van der Waals surface area (Å²) in [5, 5.41) is 0. The Bertz CT molecular complexity index is 264. The second-order valence-electron chi connectivity index (χ2n) is 5.90. The van der Waals surface area contributed by atoms with Crippen molar-refractivity contribution in [2.24, 2.45) is 5.41 Å². The van der Waals surface area contributed by atoms with Crippen LogP contribution in [0.15, 0.2) is 0 Å². The summed E-state index contributed by atoms with van der Waals surface area (Å²) in [5.74, 6) is -0.118. The molecule has 1 fully saturated rings. The molecule has 0 aromatic carbocycles. The number of carbonyl (C=O) groups is 1. The molecule has 0 aromatic rings. The number of likely N-dealkylation sites (tertiary alicyclic amines) is 1. The monoisotopic (exact) mass is 242 g/mol. The Morgan fingerprint density at radius 3 is 2.65 bits per heavy atom. The van der Waals surface area contributed by atoms with Gasteiger partial charge in [0.2, 0.25) is 0 Å². The van der Waals surface area contributed by atoms with Gasteiger partial charge in [-0.25, -0.2) is 0 Å². The van der Waals surface area contributed by atoms with Crippen LogP contribution in [0.1, 0.15) is 26.7 Å². The van der Waals surface area contributed by atoms with E-state index in [0.29, 0.717) is 6.04 Å². The second kappa shape index (κ2) is 5.83. The third-order valence-electron chi connectivity index (χ3n) is 3.41. The highest BCUT2D eigenvalue weighted by atomic mass is 16.5. The first kappa shape index (κ1) is 14.5. The van der Waals surface area contributed by atoms with E-state index in [1.807, 2.05) is 13.8 Å². The Kier molecular flexibility index (Phi) is 4.95. The summed E-state index contributed by atoms with van der Waals surface area (Å²) in [6, 6.07) is 0.578. The van der Waals surface area contributed by atoms with Crippen LogP contribution in [0.4, 0.5) is 0 Å². The van der Waals surface area contributed by atoms with Crippen LogP contribution in [0.5, 0.6) is 0 Å². The molecule has 4 nitrogen and oxygen atoms in total. The number of likely N-dealkylation sites (N-methyl/N-ethyl adjacent to an activating group) is 1. The standard InChI is InChI=1S/C13H26N2O2/c1-13(2,12(16)17-5)10-15-8-6-7-11(15)9-14(3)4/h11H,6-10H2,1-5H3. The first-order chi connectivity index (χ1) is 7.86. The maximum Gasteiger partial charge on any atom is 0.312 e. The molecule has 1 unspecified atom stereocenters.